The Labute approximate surface area is 99.2 Å². The summed E-state index contributed by atoms with van der Waals surface area (Å²) in [7, 11) is 0. The van der Waals surface area contributed by atoms with Gasteiger partial charge in [0.05, 0.1) is 0 Å². The maximum atomic E-state index is 3.43. The maximum absolute atomic E-state index is 3.43. The van der Waals surface area contributed by atoms with Crippen molar-refractivity contribution < 1.29 is 0 Å². The number of nitrogens with zero attached hydrogens (tertiary/aromatic N) is 1. The van der Waals surface area contributed by atoms with Crippen molar-refractivity contribution in [1.29, 1.82) is 0 Å². The van der Waals surface area contributed by atoms with Crippen molar-refractivity contribution in [3.63, 3.8) is 0 Å². The van der Waals surface area contributed by atoms with Gasteiger partial charge in [-0.2, -0.15) is 11.8 Å². The minimum atomic E-state index is 0.743. The van der Waals surface area contributed by atoms with Gasteiger partial charge in [-0.05, 0) is 25.9 Å². The SMILES string of the molecule is CCNCC(C)CN1CCSC(C)C1C. The minimum absolute atomic E-state index is 0.743. The van der Waals surface area contributed by atoms with Crippen molar-refractivity contribution in [2.45, 2.75) is 39.0 Å². The lowest BCUT2D eigenvalue weighted by atomic mass is 10.1. The van der Waals surface area contributed by atoms with Gasteiger partial charge < -0.3 is 5.32 Å². The molecule has 0 bridgehead atoms. The van der Waals surface area contributed by atoms with Gasteiger partial charge in [0.25, 0.3) is 0 Å². The van der Waals surface area contributed by atoms with Crippen molar-refractivity contribution in [3.8, 4) is 0 Å². The highest BCUT2D eigenvalue weighted by atomic mass is 32.2. The summed E-state index contributed by atoms with van der Waals surface area (Å²) < 4.78 is 0. The fourth-order valence-electron chi connectivity index (χ4n) is 2.11. The van der Waals surface area contributed by atoms with Gasteiger partial charge in [0.2, 0.25) is 0 Å². The number of hydrogen-bond donors (Lipinski definition) is 1. The molecule has 3 heteroatoms. The summed E-state index contributed by atoms with van der Waals surface area (Å²) in [5, 5.41) is 4.23. The lowest BCUT2D eigenvalue weighted by Crippen LogP contribution is -2.47. The van der Waals surface area contributed by atoms with Gasteiger partial charge in [-0.3, -0.25) is 4.90 Å². The number of thioether (sulfide) groups is 1. The third kappa shape index (κ3) is 4.33. The summed E-state index contributed by atoms with van der Waals surface area (Å²) in [5.74, 6) is 2.07. The predicted octanol–water partition coefficient (Wildman–Crippen LogP) is 2.06. The zero-order valence-electron chi connectivity index (χ0n) is 10.6. The van der Waals surface area contributed by atoms with E-state index in [4.69, 9.17) is 0 Å². The highest BCUT2D eigenvalue weighted by molar-refractivity contribution is 8.00. The quantitative estimate of drug-likeness (QED) is 0.778. The predicted molar refractivity (Wildman–Crippen MR) is 70.7 cm³/mol. The number of nitrogens with one attached hydrogen (secondary N) is 1. The summed E-state index contributed by atoms with van der Waals surface area (Å²) in [6, 6.07) is 0.743. The van der Waals surface area contributed by atoms with E-state index >= 15 is 0 Å². The molecule has 0 aromatic carbocycles. The van der Waals surface area contributed by atoms with Gasteiger partial charge in [-0.15, -0.1) is 0 Å². The first-order valence-corrected chi connectivity index (χ1v) is 7.26. The van der Waals surface area contributed by atoms with Crippen LogP contribution in [-0.4, -0.2) is 48.1 Å². The summed E-state index contributed by atoms with van der Waals surface area (Å²) in [5.41, 5.74) is 0. The van der Waals surface area contributed by atoms with E-state index in [0.29, 0.717) is 0 Å². The lowest BCUT2D eigenvalue weighted by molar-refractivity contribution is 0.184. The molecule has 0 aliphatic carbocycles. The van der Waals surface area contributed by atoms with Crippen LogP contribution in [0.5, 0.6) is 0 Å². The van der Waals surface area contributed by atoms with E-state index in [1.807, 2.05) is 0 Å². The molecule has 3 atom stereocenters. The van der Waals surface area contributed by atoms with Crippen LogP contribution in [-0.2, 0) is 0 Å². The zero-order valence-corrected chi connectivity index (χ0v) is 11.4. The lowest BCUT2D eigenvalue weighted by Gasteiger charge is -2.38. The molecule has 2 nitrogen and oxygen atoms in total. The molecule has 0 saturated carbocycles. The largest absolute Gasteiger partial charge is 0.317 e. The second-order valence-electron chi connectivity index (χ2n) is 4.72. The Bertz CT molecular complexity index is 175. The monoisotopic (exact) mass is 230 g/mol. The Balaban J connectivity index is 2.29. The second kappa shape index (κ2) is 6.77. The van der Waals surface area contributed by atoms with Gasteiger partial charge in [-0.1, -0.05) is 20.8 Å². The fraction of sp³-hybridized carbons (Fsp3) is 1.00. The molecule has 15 heavy (non-hydrogen) atoms. The first-order chi connectivity index (χ1) is 7.15. The average Bonchev–Trinajstić information content (AvgIpc) is 2.22. The molecular weight excluding hydrogens is 204 g/mol. The van der Waals surface area contributed by atoms with Crippen LogP contribution in [0.4, 0.5) is 0 Å². The van der Waals surface area contributed by atoms with E-state index in [1.165, 1.54) is 18.8 Å². The second-order valence-corrected chi connectivity index (χ2v) is 6.21. The molecule has 1 aliphatic rings. The third-order valence-corrected chi connectivity index (χ3v) is 4.64. The van der Waals surface area contributed by atoms with Crippen LogP contribution in [0.25, 0.3) is 0 Å². The summed E-state index contributed by atoms with van der Waals surface area (Å²) in [6.45, 7) is 14.0. The Morgan fingerprint density at radius 1 is 1.47 bits per heavy atom. The molecule has 1 N–H and O–H groups in total. The molecular formula is C12H26N2S. The standard InChI is InChI=1S/C12H26N2S/c1-5-13-8-10(2)9-14-6-7-15-12(4)11(14)3/h10-13H,5-9H2,1-4H3. The fourth-order valence-corrected chi connectivity index (χ4v) is 3.27. The normalized spacial score (nSPS) is 30.4. The molecule has 1 rings (SSSR count). The van der Waals surface area contributed by atoms with Crippen molar-refractivity contribution in [2.24, 2.45) is 5.92 Å². The highest BCUT2D eigenvalue weighted by Crippen LogP contribution is 2.24. The van der Waals surface area contributed by atoms with Crippen molar-refractivity contribution >= 4 is 11.8 Å². The Morgan fingerprint density at radius 3 is 2.87 bits per heavy atom. The van der Waals surface area contributed by atoms with Gasteiger partial charge in [0.1, 0.15) is 0 Å². The molecule has 1 aliphatic heterocycles. The first kappa shape index (κ1) is 13.3. The van der Waals surface area contributed by atoms with E-state index in [-0.39, 0.29) is 0 Å². The Hall–Kier alpha value is 0.270. The van der Waals surface area contributed by atoms with Gasteiger partial charge in [-0.25, -0.2) is 0 Å². The molecule has 0 aromatic heterocycles. The summed E-state index contributed by atoms with van der Waals surface area (Å²) in [6.07, 6.45) is 0. The van der Waals surface area contributed by atoms with Crippen molar-refractivity contribution in [1.82, 2.24) is 10.2 Å². The Morgan fingerprint density at radius 2 is 2.20 bits per heavy atom. The molecule has 1 fully saturated rings. The van der Waals surface area contributed by atoms with Gasteiger partial charge >= 0.3 is 0 Å². The zero-order chi connectivity index (χ0) is 11.3. The molecule has 0 spiro atoms. The van der Waals surface area contributed by atoms with Crippen LogP contribution >= 0.6 is 11.8 Å². The van der Waals surface area contributed by atoms with Gasteiger partial charge in [0, 0.05) is 30.1 Å². The molecule has 0 radical (unpaired) electrons. The van der Waals surface area contributed by atoms with E-state index in [0.717, 1.165) is 30.3 Å². The van der Waals surface area contributed by atoms with E-state index in [9.17, 15) is 0 Å². The topological polar surface area (TPSA) is 15.3 Å². The van der Waals surface area contributed by atoms with Crippen LogP contribution in [0.15, 0.2) is 0 Å². The maximum Gasteiger partial charge on any atom is 0.0184 e. The molecule has 0 aromatic rings. The van der Waals surface area contributed by atoms with Crippen molar-refractivity contribution in [3.05, 3.63) is 0 Å². The smallest absolute Gasteiger partial charge is 0.0184 e. The highest BCUT2D eigenvalue weighted by Gasteiger charge is 2.25. The summed E-state index contributed by atoms with van der Waals surface area (Å²) in [4.78, 5) is 2.66. The van der Waals surface area contributed by atoms with E-state index in [2.05, 4.69) is 49.7 Å². The van der Waals surface area contributed by atoms with E-state index in [1.54, 1.807) is 0 Å². The van der Waals surface area contributed by atoms with Crippen LogP contribution < -0.4 is 5.32 Å². The van der Waals surface area contributed by atoms with Crippen molar-refractivity contribution in [2.75, 3.05) is 31.9 Å². The number of rotatable bonds is 5. The molecule has 1 saturated heterocycles. The first-order valence-electron chi connectivity index (χ1n) is 6.21. The minimum Gasteiger partial charge on any atom is -0.317 e. The van der Waals surface area contributed by atoms with Gasteiger partial charge in [0.15, 0.2) is 0 Å². The van der Waals surface area contributed by atoms with Crippen LogP contribution in [0, 0.1) is 5.92 Å². The Kier molecular flexibility index (Phi) is 6.02. The van der Waals surface area contributed by atoms with Crippen LogP contribution in [0.2, 0.25) is 0 Å². The van der Waals surface area contributed by atoms with Crippen LogP contribution in [0.3, 0.4) is 0 Å². The molecule has 90 valence electrons. The number of hydrogen-bond acceptors (Lipinski definition) is 3. The van der Waals surface area contributed by atoms with E-state index < -0.39 is 0 Å². The van der Waals surface area contributed by atoms with Crippen LogP contribution in [0.1, 0.15) is 27.7 Å². The molecule has 0 amide bonds. The third-order valence-electron chi connectivity index (χ3n) is 3.30. The summed E-state index contributed by atoms with van der Waals surface area (Å²) >= 11 is 2.12. The average molecular weight is 230 g/mol. The molecule has 3 unspecified atom stereocenters. The molecule has 1 heterocycles.